The summed E-state index contributed by atoms with van der Waals surface area (Å²) in [7, 11) is 1.17. The monoisotopic (exact) mass is 301 g/mol. The van der Waals surface area contributed by atoms with Gasteiger partial charge in [0.1, 0.15) is 0 Å². The summed E-state index contributed by atoms with van der Waals surface area (Å²) >= 11 is 0. The number of hydrogen-bond acceptors (Lipinski definition) is 7. The smallest absolute Gasteiger partial charge is 0.312 e. The minimum atomic E-state index is -1.00. The fourth-order valence-corrected chi connectivity index (χ4v) is 1.50. The number of esters is 1. The minimum absolute atomic E-state index is 0. The summed E-state index contributed by atoms with van der Waals surface area (Å²) in [5.41, 5.74) is 4.97. The van der Waals surface area contributed by atoms with E-state index >= 15 is 0 Å². The van der Waals surface area contributed by atoms with Crippen LogP contribution in [0.15, 0.2) is 12.1 Å². The minimum Gasteiger partial charge on any atom is -0.502 e. The number of phenols is 1. The lowest BCUT2D eigenvalue weighted by molar-refractivity contribution is -0.386. The molecule has 8 nitrogen and oxygen atoms in total. The van der Waals surface area contributed by atoms with Crippen molar-refractivity contribution in [2.24, 2.45) is 5.73 Å². The van der Waals surface area contributed by atoms with Gasteiger partial charge >= 0.3 is 11.7 Å². The summed E-state index contributed by atoms with van der Waals surface area (Å²) in [5, 5.41) is 29.3. The largest absolute Gasteiger partial charge is 0.502 e. The van der Waals surface area contributed by atoms with E-state index in [2.05, 4.69) is 4.74 Å². The number of nitro groups is 1. The van der Waals surface area contributed by atoms with E-state index in [1.54, 1.807) is 6.07 Å². The molecule has 9 heteroatoms. The number of methoxy groups -OCH3 is 1. The normalized spacial score (nSPS) is 10.8. The van der Waals surface area contributed by atoms with Gasteiger partial charge in [-0.25, -0.2) is 0 Å². The average Bonchev–Trinajstić information content (AvgIpc) is 2.38. The SMILES string of the molecule is COC(=O)C[C@H](N)c1cc(C#N)cc([N+](=O)[O-])c1O.Cl. The Morgan fingerprint density at radius 3 is 2.70 bits per heavy atom. The van der Waals surface area contributed by atoms with Crippen molar-refractivity contribution in [2.75, 3.05) is 7.11 Å². The highest BCUT2D eigenvalue weighted by molar-refractivity contribution is 5.85. The zero-order chi connectivity index (χ0) is 14.6. The molecule has 1 atom stereocenters. The second kappa shape index (κ2) is 7.28. The molecular weight excluding hydrogens is 290 g/mol. The fourth-order valence-electron chi connectivity index (χ4n) is 1.50. The van der Waals surface area contributed by atoms with Crippen molar-refractivity contribution >= 4 is 24.1 Å². The lowest BCUT2D eigenvalue weighted by atomic mass is 10.00. The number of nitro benzene ring substituents is 1. The van der Waals surface area contributed by atoms with Crippen LogP contribution in [0.2, 0.25) is 0 Å². The number of nitrogens with two attached hydrogens (primary N) is 1. The van der Waals surface area contributed by atoms with Crippen LogP contribution in [0.4, 0.5) is 5.69 Å². The third-order valence-electron chi connectivity index (χ3n) is 2.46. The van der Waals surface area contributed by atoms with Crippen LogP contribution in [0, 0.1) is 21.4 Å². The van der Waals surface area contributed by atoms with Crippen molar-refractivity contribution in [1.29, 1.82) is 5.26 Å². The molecule has 0 aliphatic rings. The van der Waals surface area contributed by atoms with Crippen LogP contribution in [0.3, 0.4) is 0 Å². The molecule has 1 aromatic rings. The third-order valence-corrected chi connectivity index (χ3v) is 2.46. The van der Waals surface area contributed by atoms with Gasteiger partial charge in [0.2, 0.25) is 0 Å². The highest BCUT2D eigenvalue weighted by Gasteiger charge is 2.24. The van der Waals surface area contributed by atoms with Crippen LogP contribution in [0.1, 0.15) is 23.6 Å². The van der Waals surface area contributed by atoms with Crippen molar-refractivity contribution in [3.8, 4) is 11.8 Å². The molecule has 20 heavy (non-hydrogen) atoms. The number of ether oxygens (including phenoxy) is 1. The van der Waals surface area contributed by atoms with Crippen molar-refractivity contribution in [1.82, 2.24) is 0 Å². The van der Waals surface area contributed by atoms with E-state index in [-0.39, 0.29) is 30.0 Å². The van der Waals surface area contributed by atoms with Crippen LogP contribution in [0.25, 0.3) is 0 Å². The molecule has 3 N–H and O–H groups in total. The standard InChI is InChI=1S/C11H11N3O5.ClH/c1-19-10(15)4-8(13)7-2-6(5-12)3-9(11(7)16)14(17)18;/h2-3,8,16H,4,13H2,1H3;1H/t8-;/m0./s1. The van der Waals surface area contributed by atoms with Gasteiger partial charge in [-0.1, -0.05) is 0 Å². The Morgan fingerprint density at radius 2 is 2.25 bits per heavy atom. The third kappa shape index (κ3) is 3.81. The molecule has 1 aromatic carbocycles. The second-order valence-corrected chi connectivity index (χ2v) is 3.69. The summed E-state index contributed by atoms with van der Waals surface area (Å²) in [5.74, 6) is -1.28. The van der Waals surface area contributed by atoms with Crippen LogP contribution in [0.5, 0.6) is 5.75 Å². The predicted molar refractivity (Wildman–Crippen MR) is 70.3 cm³/mol. The van der Waals surface area contributed by atoms with Crippen LogP contribution in [-0.4, -0.2) is 23.1 Å². The topological polar surface area (TPSA) is 139 Å². The maximum atomic E-state index is 11.1. The number of benzene rings is 1. The number of carbonyl (C=O) groups is 1. The van der Waals surface area contributed by atoms with Crippen LogP contribution < -0.4 is 5.73 Å². The van der Waals surface area contributed by atoms with Gasteiger partial charge in [0.15, 0.2) is 5.75 Å². The zero-order valence-electron chi connectivity index (χ0n) is 10.4. The second-order valence-electron chi connectivity index (χ2n) is 3.69. The number of carbonyl (C=O) groups excluding carboxylic acids is 1. The molecule has 1 rings (SSSR count). The first-order valence-corrected chi connectivity index (χ1v) is 5.14. The van der Waals surface area contributed by atoms with Gasteiger partial charge in [-0.2, -0.15) is 5.26 Å². The molecule has 0 aromatic heterocycles. The lowest BCUT2D eigenvalue weighted by Crippen LogP contribution is -2.17. The van der Waals surface area contributed by atoms with Crippen LogP contribution in [-0.2, 0) is 9.53 Å². The molecule has 0 amide bonds. The van der Waals surface area contributed by atoms with Gasteiger partial charge < -0.3 is 15.6 Å². The van der Waals surface area contributed by atoms with Crippen molar-refractivity contribution in [3.63, 3.8) is 0 Å². The van der Waals surface area contributed by atoms with E-state index in [4.69, 9.17) is 11.0 Å². The summed E-state index contributed by atoms with van der Waals surface area (Å²) in [6.45, 7) is 0. The molecule has 0 saturated heterocycles. The number of aromatic hydroxyl groups is 1. The first-order valence-electron chi connectivity index (χ1n) is 5.14. The molecule has 0 heterocycles. The van der Waals surface area contributed by atoms with Gasteiger partial charge in [0.25, 0.3) is 0 Å². The molecule has 108 valence electrons. The van der Waals surface area contributed by atoms with Crippen molar-refractivity contribution in [2.45, 2.75) is 12.5 Å². The molecule has 0 radical (unpaired) electrons. The zero-order valence-corrected chi connectivity index (χ0v) is 11.2. The Hall–Kier alpha value is -2.37. The number of rotatable bonds is 4. The molecular formula is C11H12ClN3O5. The summed E-state index contributed by atoms with van der Waals surface area (Å²) in [4.78, 5) is 21.0. The first-order chi connectivity index (χ1) is 8.90. The van der Waals surface area contributed by atoms with Gasteiger partial charge in [0, 0.05) is 17.7 Å². The highest BCUT2D eigenvalue weighted by Crippen LogP contribution is 2.35. The molecule has 0 unspecified atom stereocenters. The average molecular weight is 302 g/mol. The molecule has 0 aliphatic heterocycles. The van der Waals surface area contributed by atoms with E-state index in [0.717, 1.165) is 6.07 Å². The Bertz CT molecular complexity index is 570. The van der Waals surface area contributed by atoms with Gasteiger partial charge in [-0.3, -0.25) is 14.9 Å². The lowest BCUT2D eigenvalue weighted by Gasteiger charge is -2.12. The van der Waals surface area contributed by atoms with Gasteiger partial charge in [-0.15, -0.1) is 12.4 Å². The maximum Gasteiger partial charge on any atom is 0.312 e. The molecule has 0 spiro atoms. The fraction of sp³-hybridized carbons (Fsp3) is 0.273. The van der Waals surface area contributed by atoms with E-state index in [1.165, 1.54) is 13.2 Å². The van der Waals surface area contributed by atoms with E-state index in [9.17, 15) is 20.0 Å². The number of nitriles is 1. The van der Waals surface area contributed by atoms with Crippen molar-refractivity contribution in [3.05, 3.63) is 33.4 Å². The number of phenolic OH excluding ortho intramolecular Hbond substituents is 1. The molecule has 0 bridgehead atoms. The Morgan fingerprint density at radius 1 is 1.65 bits per heavy atom. The summed E-state index contributed by atoms with van der Waals surface area (Å²) in [6.07, 6.45) is -0.268. The van der Waals surface area contributed by atoms with Gasteiger partial charge in [-0.05, 0) is 6.07 Å². The Kier molecular flexibility index (Phi) is 6.41. The molecule has 0 fully saturated rings. The Labute approximate surface area is 120 Å². The van der Waals surface area contributed by atoms with Crippen LogP contribution >= 0.6 is 12.4 Å². The highest BCUT2D eigenvalue weighted by atomic mass is 35.5. The molecule has 0 aliphatic carbocycles. The van der Waals surface area contributed by atoms with E-state index in [0.29, 0.717) is 0 Å². The number of nitrogens with zero attached hydrogens (tertiary/aromatic N) is 2. The predicted octanol–water partition coefficient (Wildman–Crippen LogP) is 1.16. The van der Waals surface area contributed by atoms with E-state index in [1.807, 2.05) is 0 Å². The molecule has 0 saturated carbocycles. The number of halogens is 1. The quantitative estimate of drug-likeness (QED) is 0.483. The first kappa shape index (κ1) is 17.6. The van der Waals surface area contributed by atoms with Gasteiger partial charge in [0.05, 0.1) is 30.1 Å². The summed E-state index contributed by atoms with van der Waals surface area (Å²) < 4.78 is 4.42. The number of hydrogen-bond donors (Lipinski definition) is 2. The maximum absolute atomic E-state index is 11.1. The van der Waals surface area contributed by atoms with E-state index < -0.39 is 28.4 Å². The van der Waals surface area contributed by atoms with Crippen molar-refractivity contribution < 1.29 is 19.6 Å². The Balaban J connectivity index is 0.00000361. The summed E-state index contributed by atoms with van der Waals surface area (Å²) in [6, 6.07) is 2.86.